The summed E-state index contributed by atoms with van der Waals surface area (Å²) in [5, 5.41) is 9.71. The van der Waals surface area contributed by atoms with Crippen LogP contribution in [0.1, 0.15) is 32.8 Å². The van der Waals surface area contributed by atoms with Crippen molar-refractivity contribution in [2.45, 2.75) is 32.8 Å². The summed E-state index contributed by atoms with van der Waals surface area (Å²) in [4.78, 5) is 13.4. The van der Waals surface area contributed by atoms with E-state index in [0.717, 1.165) is 6.07 Å². The maximum atomic E-state index is 13.4. The van der Waals surface area contributed by atoms with E-state index in [0.29, 0.717) is 24.6 Å². The molecule has 4 nitrogen and oxygen atoms in total. The van der Waals surface area contributed by atoms with Gasteiger partial charge in [0.2, 0.25) is 0 Å². The van der Waals surface area contributed by atoms with Crippen LogP contribution in [0.3, 0.4) is 0 Å². The predicted molar refractivity (Wildman–Crippen MR) is 78.4 cm³/mol. The second-order valence-corrected chi connectivity index (χ2v) is 6.19. The van der Waals surface area contributed by atoms with Crippen LogP contribution in [0.5, 0.6) is 5.75 Å². The Hall–Kier alpha value is -2.11. The van der Waals surface area contributed by atoms with E-state index < -0.39 is 29.1 Å². The zero-order valence-electron chi connectivity index (χ0n) is 12.8. The van der Waals surface area contributed by atoms with Crippen molar-refractivity contribution < 1.29 is 23.4 Å². The standard InChI is InChI=1S/C16H19F2NO3/c1-16(2,3)22-15(21)19-6-4-10(5-7-19)12-8-11(17)9-13(18)14(12)20/h4,8-9,20H,5-7H2,1-3H3. The SMILES string of the molecule is CC(C)(C)OC(=O)N1CC=C(c2cc(F)cc(F)c2O)CC1. The molecule has 1 amide bonds. The van der Waals surface area contributed by atoms with Crippen LogP contribution in [0, 0.1) is 11.6 Å². The average molecular weight is 311 g/mol. The molecule has 0 unspecified atom stereocenters. The van der Waals surface area contributed by atoms with Crippen LogP contribution in [0.4, 0.5) is 13.6 Å². The van der Waals surface area contributed by atoms with Gasteiger partial charge in [-0.2, -0.15) is 0 Å². The van der Waals surface area contributed by atoms with Crippen LogP contribution >= 0.6 is 0 Å². The molecule has 0 aliphatic carbocycles. The van der Waals surface area contributed by atoms with Gasteiger partial charge < -0.3 is 14.7 Å². The van der Waals surface area contributed by atoms with Crippen molar-refractivity contribution in [3.63, 3.8) is 0 Å². The molecule has 120 valence electrons. The van der Waals surface area contributed by atoms with E-state index in [1.807, 2.05) is 0 Å². The monoisotopic (exact) mass is 311 g/mol. The van der Waals surface area contributed by atoms with Crippen molar-refractivity contribution in [3.05, 3.63) is 35.4 Å². The number of amides is 1. The molecule has 1 heterocycles. The van der Waals surface area contributed by atoms with Gasteiger partial charge in [-0.25, -0.2) is 13.6 Å². The molecule has 0 bridgehead atoms. The number of phenols is 1. The Morgan fingerprint density at radius 1 is 1.32 bits per heavy atom. The number of benzene rings is 1. The number of rotatable bonds is 1. The summed E-state index contributed by atoms with van der Waals surface area (Å²) < 4.78 is 31.9. The van der Waals surface area contributed by atoms with E-state index in [9.17, 15) is 18.7 Å². The number of hydrogen-bond donors (Lipinski definition) is 1. The highest BCUT2D eigenvalue weighted by molar-refractivity contribution is 5.75. The van der Waals surface area contributed by atoms with Crippen molar-refractivity contribution in [3.8, 4) is 5.75 Å². The van der Waals surface area contributed by atoms with Gasteiger partial charge in [-0.05, 0) is 38.8 Å². The molecule has 1 aliphatic rings. The zero-order chi connectivity index (χ0) is 16.5. The van der Waals surface area contributed by atoms with Gasteiger partial charge in [0, 0.05) is 24.7 Å². The average Bonchev–Trinajstić information content (AvgIpc) is 2.41. The van der Waals surface area contributed by atoms with Gasteiger partial charge in [-0.1, -0.05) is 6.08 Å². The zero-order valence-corrected chi connectivity index (χ0v) is 12.8. The molecule has 1 aliphatic heterocycles. The molecule has 22 heavy (non-hydrogen) atoms. The quantitative estimate of drug-likeness (QED) is 0.860. The molecule has 0 atom stereocenters. The first-order valence-electron chi connectivity index (χ1n) is 7.03. The van der Waals surface area contributed by atoms with Crippen molar-refractivity contribution in [1.82, 2.24) is 4.90 Å². The predicted octanol–water partition coefficient (Wildman–Crippen LogP) is 3.69. The second kappa shape index (κ2) is 5.94. The third-order valence-corrected chi connectivity index (χ3v) is 3.23. The van der Waals surface area contributed by atoms with E-state index in [4.69, 9.17) is 4.74 Å². The molecule has 0 spiro atoms. The maximum absolute atomic E-state index is 13.4. The molecular formula is C16H19F2NO3. The Kier molecular flexibility index (Phi) is 4.39. The number of hydrogen-bond acceptors (Lipinski definition) is 3. The molecule has 6 heteroatoms. The molecule has 2 rings (SSSR count). The summed E-state index contributed by atoms with van der Waals surface area (Å²) in [6.45, 7) is 5.97. The largest absolute Gasteiger partial charge is 0.504 e. The highest BCUT2D eigenvalue weighted by Gasteiger charge is 2.25. The summed E-state index contributed by atoms with van der Waals surface area (Å²) in [7, 11) is 0. The van der Waals surface area contributed by atoms with E-state index in [-0.39, 0.29) is 12.1 Å². The first-order chi connectivity index (χ1) is 10.2. The van der Waals surface area contributed by atoms with E-state index in [1.165, 1.54) is 4.90 Å². The van der Waals surface area contributed by atoms with E-state index >= 15 is 0 Å². The van der Waals surface area contributed by atoms with Crippen LogP contribution in [0.25, 0.3) is 5.57 Å². The lowest BCUT2D eigenvalue weighted by atomic mass is 9.98. The Morgan fingerprint density at radius 3 is 2.55 bits per heavy atom. The number of halogens is 2. The lowest BCUT2D eigenvalue weighted by Gasteiger charge is -2.29. The minimum atomic E-state index is -0.995. The number of ether oxygens (including phenoxy) is 1. The fourth-order valence-corrected chi connectivity index (χ4v) is 2.22. The summed E-state index contributed by atoms with van der Waals surface area (Å²) in [6.07, 6.45) is 1.62. The smallest absolute Gasteiger partial charge is 0.410 e. The minimum Gasteiger partial charge on any atom is -0.504 e. The van der Waals surface area contributed by atoms with Crippen LogP contribution in [-0.4, -0.2) is 34.8 Å². The number of phenolic OH excluding ortho intramolecular Hbond substituents is 1. The van der Waals surface area contributed by atoms with Gasteiger partial charge in [0.15, 0.2) is 11.6 Å². The van der Waals surface area contributed by atoms with Crippen LogP contribution < -0.4 is 0 Å². The van der Waals surface area contributed by atoms with Gasteiger partial charge in [0.05, 0.1) is 0 Å². The fraction of sp³-hybridized carbons (Fsp3) is 0.438. The Labute approximate surface area is 128 Å². The number of nitrogens with zero attached hydrogens (tertiary/aromatic N) is 1. The van der Waals surface area contributed by atoms with Gasteiger partial charge in [0.1, 0.15) is 11.4 Å². The first-order valence-corrected chi connectivity index (χ1v) is 7.03. The molecule has 1 aromatic carbocycles. The fourth-order valence-electron chi connectivity index (χ4n) is 2.22. The van der Waals surface area contributed by atoms with E-state index in [2.05, 4.69) is 0 Å². The van der Waals surface area contributed by atoms with E-state index in [1.54, 1.807) is 26.8 Å². The number of aromatic hydroxyl groups is 1. The summed E-state index contributed by atoms with van der Waals surface area (Å²) in [5.74, 6) is -2.32. The second-order valence-electron chi connectivity index (χ2n) is 6.19. The lowest BCUT2D eigenvalue weighted by Crippen LogP contribution is -2.39. The Balaban J connectivity index is 2.14. The number of carbonyl (C=O) groups excluding carboxylic acids is 1. The van der Waals surface area contributed by atoms with Crippen LogP contribution in [-0.2, 0) is 4.74 Å². The third-order valence-electron chi connectivity index (χ3n) is 3.23. The van der Waals surface area contributed by atoms with Gasteiger partial charge in [-0.15, -0.1) is 0 Å². The Bertz CT molecular complexity index is 621. The van der Waals surface area contributed by atoms with Crippen molar-refractivity contribution >= 4 is 11.7 Å². The summed E-state index contributed by atoms with van der Waals surface area (Å²) >= 11 is 0. The van der Waals surface area contributed by atoms with Crippen molar-refractivity contribution in [2.75, 3.05) is 13.1 Å². The topological polar surface area (TPSA) is 49.8 Å². The van der Waals surface area contributed by atoms with Gasteiger partial charge in [-0.3, -0.25) is 0 Å². The molecular weight excluding hydrogens is 292 g/mol. The maximum Gasteiger partial charge on any atom is 0.410 e. The minimum absolute atomic E-state index is 0.126. The van der Waals surface area contributed by atoms with Crippen LogP contribution in [0.2, 0.25) is 0 Å². The molecule has 0 radical (unpaired) electrons. The molecule has 1 aromatic rings. The summed E-state index contributed by atoms with van der Waals surface area (Å²) in [6, 6.07) is 1.72. The van der Waals surface area contributed by atoms with Crippen molar-refractivity contribution in [1.29, 1.82) is 0 Å². The number of carbonyl (C=O) groups is 1. The molecule has 0 fully saturated rings. The highest BCUT2D eigenvalue weighted by Crippen LogP contribution is 2.32. The normalized spacial score (nSPS) is 15.5. The molecule has 0 aromatic heterocycles. The van der Waals surface area contributed by atoms with Gasteiger partial charge in [0.25, 0.3) is 0 Å². The van der Waals surface area contributed by atoms with Gasteiger partial charge >= 0.3 is 6.09 Å². The van der Waals surface area contributed by atoms with Crippen molar-refractivity contribution in [2.24, 2.45) is 0 Å². The Morgan fingerprint density at radius 2 is 2.00 bits per heavy atom. The molecule has 0 saturated carbocycles. The highest BCUT2D eigenvalue weighted by atomic mass is 19.1. The van der Waals surface area contributed by atoms with Crippen LogP contribution in [0.15, 0.2) is 18.2 Å². The summed E-state index contributed by atoms with van der Waals surface area (Å²) in [5.41, 5.74) is 0.155. The molecule has 1 N–H and O–H groups in total. The molecule has 0 saturated heterocycles. The first kappa shape index (κ1) is 16.3. The lowest BCUT2D eigenvalue weighted by molar-refractivity contribution is 0.0270. The third kappa shape index (κ3) is 3.75.